The van der Waals surface area contributed by atoms with Crippen molar-refractivity contribution in [3.8, 4) is 0 Å². The highest BCUT2D eigenvalue weighted by Crippen LogP contribution is 2.19. The lowest BCUT2D eigenvalue weighted by Gasteiger charge is -2.11. The molecule has 0 aromatic carbocycles. The number of aromatic nitrogens is 2. The summed E-state index contributed by atoms with van der Waals surface area (Å²) in [7, 11) is -2.81. The summed E-state index contributed by atoms with van der Waals surface area (Å²) in [5.41, 5.74) is 6.33. The Labute approximate surface area is 107 Å². The van der Waals surface area contributed by atoms with Crippen LogP contribution < -0.4 is 11.1 Å². The quantitative estimate of drug-likeness (QED) is 0.804. The van der Waals surface area contributed by atoms with E-state index in [1.807, 2.05) is 6.92 Å². The van der Waals surface area contributed by atoms with Crippen molar-refractivity contribution in [2.45, 2.75) is 19.9 Å². The first-order chi connectivity index (χ1) is 8.48. The molecule has 1 unspecified atom stereocenters. The number of hydrogen-bond acceptors (Lipinski definition) is 6. The molecule has 0 aliphatic carbocycles. The number of aryl methyl sites for hydroxylation is 1. The van der Waals surface area contributed by atoms with Gasteiger partial charge in [-0.15, -0.1) is 0 Å². The standard InChI is InChI=1S/C11H18N4O2S/c1-8-14-10(5-12)4-11(15-8)13-6-9-2-3-18(16,17)7-9/h4,9H,2-3,5-7,12H2,1H3,(H,13,14,15). The Morgan fingerprint density at radius 1 is 1.50 bits per heavy atom. The van der Waals surface area contributed by atoms with E-state index in [0.717, 1.165) is 12.1 Å². The van der Waals surface area contributed by atoms with Gasteiger partial charge in [0.25, 0.3) is 0 Å². The van der Waals surface area contributed by atoms with Gasteiger partial charge in [-0.1, -0.05) is 0 Å². The molecule has 1 aromatic rings. The summed E-state index contributed by atoms with van der Waals surface area (Å²) in [4.78, 5) is 8.44. The molecule has 18 heavy (non-hydrogen) atoms. The Kier molecular flexibility index (Phi) is 3.82. The highest BCUT2D eigenvalue weighted by molar-refractivity contribution is 7.91. The number of nitrogens with zero attached hydrogens (tertiary/aromatic N) is 2. The van der Waals surface area contributed by atoms with E-state index in [1.54, 1.807) is 6.07 Å². The normalized spacial score (nSPS) is 22.0. The number of anilines is 1. The van der Waals surface area contributed by atoms with Crippen molar-refractivity contribution < 1.29 is 8.42 Å². The van der Waals surface area contributed by atoms with Crippen molar-refractivity contribution >= 4 is 15.7 Å². The van der Waals surface area contributed by atoms with E-state index in [9.17, 15) is 8.42 Å². The van der Waals surface area contributed by atoms with E-state index in [4.69, 9.17) is 5.73 Å². The fourth-order valence-electron chi connectivity index (χ4n) is 2.11. The van der Waals surface area contributed by atoms with Gasteiger partial charge in [-0.05, 0) is 19.3 Å². The molecule has 2 heterocycles. The topological polar surface area (TPSA) is 98.0 Å². The van der Waals surface area contributed by atoms with Gasteiger partial charge in [0.1, 0.15) is 11.6 Å². The first-order valence-electron chi connectivity index (χ1n) is 5.97. The third kappa shape index (κ3) is 3.39. The average Bonchev–Trinajstić information content (AvgIpc) is 2.65. The van der Waals surface area contributed by atoms with Crippen molar-refractivity contribution in [3.05, 3.63) is 17.6 Å². The maximum atomic E-state index is 11.3. The van der Waals surface area contributed by atoms with Gasteiger partial charge in [0.15, 0.2) is 9.84 Å². The summed E-state index contributed by atoms with van der Waals surface area (Å²) in [6.45, 7) is 2.81. The Bertz CT molecular complexity index is 530. The molecule has 100 valence electrons. The zero-order valence-corrected chi connectivity index (χ0v) is 11.2. The maximum absolute atomic E-state index is 11.3. The van der Waals surface area contributed by atoms with Crippen LogP contribution in [0.1, 0.15) is 17.9 Å². The Hall–Kier alpha value is -1.21. The van der Waals surface area contributed by atoms with E-state index in [0.29, 0.717) is 30.5 Å². The third-order valence-corrected chi connectivity index (χ3v) is 4.84. The minimum Gasteiger partial charge on any atom is -0.370 e. The highest BCUT2D eigenvalue weighted by atomic mass is 32.2. The molecule has 3 N–H and O–H groups in total. The van der Waals surface area contributed by atoms with Gasteiger partial charge in [-0.2, -0.15) is 0 Å². The summed E-state index contributed by atoms with van der Waals surface area (Å²) in [6.07, 6.45) is 0.725. The fourth-order valence-corrected chi connectivity index (χ4v) is 3.97. The average molecular weight is 270 g/mol. The van der Waals surface area contributed by atoms with E-state index in [-0.39, 0.29) is 11.7 Å². The van der Waals surface area contributed by atoms with Crippen LogP contribution in [0.4, 0.5) is 5.82 Å². The van der Waals surface area contributed by atoms with Crippen LogP contribution >= 0.6 is 0 Å². The van der Waals surface area contributed by atoms with Gasteiger partial charge in [-0.3, -0.25) is 0 Å². The van der Waals surface area contributed by atoms with Gasteiger partial charge in [-0.25, -0.2) is 18.4 Å². The first-order valence-corrected chi connectivity index (χ1v) is 7.79. The molecule has 0 saturated carbocycles. The first kappa shape index (κ1) is 13.2. The lowest BCUT2D eigenvalue weighted by Crippen LogP contribution is -2.17. The molecule has 0 spiro atoms. The Morgan fingerprint density at radius 2 is 2.28 bits per heavy atom. The molecular weight excluding hydrogens is 252 g/mol. The van der Waals surface area contributed by atoms with Crippen molar-refractivity contribution in [1.82, 2.24) is 9.97 Å². The molecule has 1 atom stereocenters. The maximum Gasteiger partial charge on any atom is 0.150 e. The van der Waals surface area contributed by atoms with Crippen LogP contribution in [0, 0.1) is 12.8 Å². The second-order valence-corrected chi connectivity index (χ2v) is 6.87. The number of nitrogens with two attached hydrogens (primary N) is 1. The minimum atomic E-state index is -2.81. The number of nitrogens with one attached hydrogen (secondary N) is 1. The smallest absolute Gasteiger partial charge is 0.150 e. The van der Waals surface area contributed by atoms with E-state index < -0.39 is 9.84 Å². The molecule has 1 fully saturated rings. The number of rotatable bonds is 4. The summed E-state index contributed by atoms with van der Waals surface area (Å²) in [6, 6.07) is 1.80. The molecule has 0 amide bonds. The lowest BCUT2D eigenvalue weighted by molar-refractivity contribution is 0.595. The van der Waals surface area contributed by atoms with Crippen molar-refractivity contribution in [3.63, 3.8) is 0 Å². The molecular formula is C11H18N4O2S. The van der Waals surface area contributed by atoms with Crippen LogP contribution in [-0.4, -0.2) is 36.4 Å². The lowest BCUT2D eigenvalue weighted by atomic mass is 10.1. The monoisotopic (exact) mass is 270 g/mol. The van der Waals surface area contributed by atoms with Gasteiger partial charge < -0.3 is 11.1 Å². The molecule has 2 rings (SSSR count). The SMILES string of the molecule is Cc1nc(CN)cc(NCC2CCS(=O)(=O)C2)n1. The van der Waals surface area contributed by atoms with Gasteiger partial charge in [0, 0.05) is 19.2 Å². The van der Waals surface area contributed by atoms with Crippen LogP contribution in [-0.2, 0) is 16.4 Å². The zero-order valence-electron chi connectivity index (χ0n) is 10.4. The van der Waals surface area contributed by atoms with E-state index >= 15 is 0 Å². The van der Waals surface area contributed by atoms with Gasteiger partial charge in [0.05, 0.1) is 17.2 Å². The predicted molar refractivity (Wildman–Crippen MR) is 69.9 cm³/mol. The summed E-state index contributed by atoms with van der Waals surface area (Å²) < 4.78 is 22.7. The van der Waals surface area contributed by atoms with Gasteiger partial charge >= 0.3 is 0 Å². The van der Waals surface area contributed by atoms with Gasteiger partial charge in [0.2, 0.25) is 0 Å². The predicted octanol–water partition coefficient (Wildman–Crippen LogP) is 0.0903. The molecule has 0 bridgehead atoms. The summed E-state index contributed by atoms with van der Waals surface area (Å²) in [5, 5.41) is 3.17. The molecule has 1 saturated heterocycles. The van der Waals surface area contributed by atoms with E-state index in [2.05, 4.69) is 15.3 Å². The molecule has 1 aliphatic heterocycles. The van der Waals surface area contributed by atoms with Crippen molar-refractivity contribution in [2.24, 2.45) is 11.7 Å². The van der Waals surface area contributed by atoms with Crippen molar-refractivity contribution in [2.75, 3.05) is 23.4 Å². The molecule has 0 radical (unpaired) electrons. The second-order valence-electron chi connectivity index (χ2n) is 4.65. The van der Waals surface area contributed by atoms with Crippen LogP contribution in [0.3, 0.4) is 0 Å². The molecule has 1 aliphatic rings. The Balaban J connectivity index is 1.96. The third-order valence-electron chi connectivity index (χ3n) is 3.00. The van der Waals surface area contributed by atoms with Crippen molar-refractivity contribution in [1.29, 1.82) is 0 Å². The second kappa shape index (κ2) is 5.19. The van der Waals surface area contributed by atoms with Crippen LogP contribution in [0.2, 0.25) is 0 Å². The highest BCUT2D eigenvalue weighted by Gasteiger charge is 2.27. The van der Waals surface area contributed by atoms with Crippen LogP contribution in [0.5, 0.6) is 0 Å². The molecule has 6 nitrogen and oxygen atoms in total. The summed E-state index contributed by atoms with van der Waals surface area (Å²) in [5.74, 6) is 2.13. The fraction of sp³-hybridized carbons (Fsp3) is 0.636. The summed E-state index contributed by atoms with van der Waals surface area (Å²) >= 11 is 0. The minimum absolute atomic E-state index is 0.173. The van der Waals surface area contributed by atoms with E-state index in [1.165, 1.54) is 0 Å². The van der Waals surface area contributed by atoms with Crippen LogP contribution in [0.15, 0.2) is 6.07 Å². The largest absolute Gasteiger partial charge is 0.370 e. The van der Waals surface area contributed by atoms with Crippen LogP contribution in [0.25, 0.3) is 0 Å². The number of hydrogen-bond donors (Lipinski definition) is 2. The molecule has 1 aromatic heterocycles. The number of sulfone groups is 1. The molecule has 7 heteroatoms. The Morgan fingerprint density at radius 3 is 2.89 bits per heavy atom. The zero-order chi connectivity index (χ0) is 13.2.